The fourth-order valence-electron chi connectivity index (χ4n) is 1.79. The Bertz CT molecular complexity index is 434. The Labute approximate surface area is 108 Å². The van der Waals surface area contributed by atoms with E-state index in [-0.39, 0.29) is 12.5 Å². The molecule has 4 heteroatoms. The van der Waals surface area contributed by atoms with Crippen molar-refractivity contribution in [2.45, 2.75) is 20.8 Å². The molecule has 0 atom stereocenters. The molecule has 0 saturated heterocycles. The molecule has 1 aromatic carbocycles. The zero-order chi connectivity index (χ0) is 13.7. The number of hydrogen-bond donors (Lipinski definition) is 0. The highest BCUT2D eigenvalue weighted by molar-refractivity contribution is 5.96. The summed E-state index contributed by atoms with van der Waals surface area (Å²) in [7, 11) is 1.59. The van der Waals surface area contributed by atoms with Gasteiger partial charge in [-0.3, -0.25) is 9.59 Å². The largest absolute Gasteiger partial charge is 0.465 e. The lowest BCUT2D eigenvalue weighted by atomic mass is 10.1. The summed E-state index contributed by atoms with van der Waals surface area (Å²) >= 11 is 0. The number of ether oxygens (including phenoxy) is 1. The van der Waals surface area contributed by atoms with E-state index in [1.807, 2.05) is 32.0 Å². The number of carbonyl (C=O) groups is 2. The lowest BCUT2D eigenvalue weighted by Gasteiger charge is -2.16. The predicted molar refractivity (Wildman–Crippen MR) is 69.5 cm³/mol. The van der Waals surface area contributed by atoms with Crippen molar-refractivity contribution in [1.82, 2.24) is 4.90 Å². The van der Waals surface area contributed by atoms with Crippen LogP contribution in [0.3, 0.4) is 0 Å². The molecule has 0 N–H and O–H groups in total. The molecular formula is C14H19NO3. The van der Waals surface area contributed by atoms with Crippen LogP contribution in [0.4, 0.5) is 0 Å². The first-order valence-electron chi connectivity index (χ1n) is 5.93. The number of esters is 1. The second-order valence-electron chi connectivity index (χ2n) is 4.34. The summed E-state index contributed by atoms with van der Waals surface area (Å²) in [6, 6.07) is 5.64. The Hall–Kier alpha value is -1.84. The Balaban J connectivity index is 2.77. The number of amides is 1. The van der Waals surface area contributed by atoms with Crippen molar-refractivity contribution in [3.05, 3.63) is 34.9 Å². The average Bonchev–Trinajstić information content (AvgIpc) is 2.26. The van der Waals surface area contributed by atoms with Gasteiger partial charge in [-0.25, -0.2) is 0 Å². The molecule has 0 radical (unpaired) electrons. The van der Waals surface area contributed by atoms with Gasteiger partial charge >= 0.3 is 5.97 Å². The maximum atomic E-state index is 12.1. The maximum absolute atomic E-state index is 12.1. The van der Waals surface area contributed by atoms with E-state index in [1.165, 1.54) is 4.90 Å². The van der Waals surface area contributed by atoms with Gasteiger partial charge in [-0.05, 0) is 32.9 Å². The molecule has 0 aliphatic carbocycles. The van der Waals surface area contributed by atoms with Crippen LogP contribution in [0, 0.1) is 13.8 Å². The van der Waals surface area contributed by atoms with Gasteiger partial charge in [0.05, 0.1) is 6.61 Å². The molecule has 98 valence electrons. The first kappa shape index (κ1) is 14.2. The third kappa shape index (κ3) is 3.87. The second-order valence-corrected chi connectivity index (χ2v) is 4.34. The Morgan fingerprint density at radius 3 is 2.22 bits per heavy atom. The summed E-state index contributed by atoms with van der Waals surface area (Å²) in [5.41, 5.74) is 2.66. The Morgan fingerprint density at radius 2 is 1.72 bits per heavy atom. The van der Waals surface area contributed by atoms with Gasteiger partial charge in [0.1, 0.15) is 6.54 Å². The summed E-state index contributed by atoms with van der Waals surface area (Å²) in [5.74, 6) is -0.562. The summed E-state index contributed by atoms with van der Waals surface area (Å²) in [4.78, 5) is 24.8. The van der Waals surface area contributed by atoms with Gasteiger partial charge in [0.25, 0.3) is 5.91 Å². The normalized spacial score (nSPS) is 10.0. The van der Waals surface area contributed by atoms with Crippen molar-refractivity contribution in [2.24, 2.45) is 0 Å². The quantitative estimate of drug-likeness (QED) is 0.766. The lowest BCUT2D eigenvalue weighted by molar-refractivity contribution is -0.143. The van der Waals surface area contributed by atoms with E-state index in [0.29, 0.717) is 12.2 Å². The van der Waals surface area contributed by atoms with Crippen LogP contribution < -0.4 is 0 Å². The van der Waals surface area contributed by atoms with E-state index < -0.39 is 5.97 Å². The highest BCUT2D eigenvalue weighted by Crippen LogP contribution is 2.10. The van der Waals surface area contributed by atoms with Crippen LogP contribution >= 0.6 is 0 Å². The number of aryl methyl sites for hydroxylation is 2. The highest BCUT2D eigenvalue weighted by atomic mass is 16.5. The smallest absolute Gasteiger partial charge is 0.325 e. The summed E-state index contributed by atoms with van der Waals surface area (Å²) in [6.07, 6.45) is 0. The topological polar surface area (TPSA) is 46.6 Å². The molecule has 1 rings (SSSR count). The van der Waals surface area contributed by atoms with E-state index >= 15 is 0 Å². The van der Waals surface area contributed by atoms with E-state index in [9.17, 15) is 9.59 Å². The number of hydrogen-bond acceptors (Lipinski definition) is 3. The monoisotopic (exact) mass is 249 g/mol. The van der Waals surface area contributed by atoms with Crippen LogP contribution in [0.5, 0.6) is 0 Å². The van der Waals surface area contributed by atoms with Crippen molar-refractivity contribution in [2.75, 3.05) is 20.2 Å². The maximum Gasteiger partial charge on any atom is 0.325 e. The zero-order valence-corrected chi connectivity index (χ0v) is 11.3. The zero-order valence-electron chi connectivity index (χ0n) is 11.3. The van der Waals surface area contributed by atoms with Crippen LogP contribution in [0.1, 0.15) is 28.4 Å². The van der Waals surface area contributed by atoms with E-state index in [4.69, 9.17) is 4.74 Å². The average molecular weight is 249 g/mol. The van der Waals surface area contributed by atoms with Gasteiger partial charge < -0.3 is 9.64 Å². The minimum Gasteiger partial charge on any atom is -0.465 e. The van der Waals surface area contributed by atoms with Crippen LogP contribution in [-0.4, -0.2) is 37.0 Å². The molecular weight excluding hydrogens is 230 g/mol. The van der Waals surface area contributed by atoms with Gasteiger partial charge in [-0.2, -0.15) is 0 Å². The first-order chi connectivity index (χ1) is 8.43. The lowest BCUT2D eigenvalue weighted by Crippen LogP contribution is -2.33. The highest BCUT2D eigenvalue weighted by Gasteiger charge is 2.15. The molecule has 0 bridgehead atoms. The van der Waals surface area contributed by atoms with Crippen LogP contribution in [0.2, 0.25) is 0 Å². The van der Waals surface area contributed by atoms with E-state index in [0.717, 1.165) is 11.1 Å². The Kier molecular flexibility index (Phi) is 4.89. The van der Waals surface area contributed by atoms with Crippen molar-refractivity contribution >= 4 is 11.9 Å². The van der Waals surface area contributed by atoms with E-state index in [1.54, 1.807) is 14.0 Å². The molecule has 0 spiro atoms. The number of nitrogens with zero attached hydrogens (tertiary/aromatic N) is 1. The van der Waals surface area contributed by atoms with Gasteiger partial charge in [-0.1, -0.05) is 17.2 Å². The van der Waals surface area contributed by atoms with Crippen molar-refractivity contribution in [3.63, 3.8) is 0 Å². The predicted octanol–water partition coefficient (Wildman–Crippen LogP) is 1.94. The molecule has 0 aliphatic heterocycles. The number of likely N-dealkylation sites (N-methyl/N-ethyl adjacent to an activating group) is 1. The van der Waals surface area contributed by atoms with Crippen molar-refractivity contribution in [3.8, 4) is 0 Å². The van der Waals surface area contributed by atoms with Gasteiger partial charge in [0, 0.05) is 12.6 Å². The molecule has 0 aromatic heterocycles. The molecule has 1 amide bonds. The Morgan fingerprint density at radius 1 is 1.17 bits per heavy atom. The molecule has 0 heterocycles. The summed E-state index contributed by atoms with van der Waals surface area (Å²) < 4.78 is 4.81. The van der Waals surface area contributed by atoms with Crippen molar-refractivity contribution in [1.29, 1.82) is 0 Å². The molecule has 0 aliphatic rings. The van der Waals surface area contributed by atoms with Crippen LogP contribution in [0.15, 0.2) is 18.2 Å². The minimum absolute atomic E-state index is 0.0281. The van der Waals surface area contributed by atoms with Crippen molar-refractivity contribution < 1.29 is 14.3 Å². The molecule has 4 nitrogen and oxygen atoms in total. The fraction of sp³-hybridized carbons (Fsp3) is 0.429. The van der Waals surface area contributed by atoms with Gasteiger partial charge in [0.15, 0.2) is 0 Å². The van der Waals surface area contributed by atoms with Crippen LogP contribution in [0.25, 0.3) is 0 Å². The van der Waals surface area contributed by atoms with Crippen LogP contribution in [-0.2, 0) is 9.53 Å². The van der Waals surface area contributed by atoms with E-state index in [2.05, 4.69) is 0 Å². The summed E-state index contributed by atoms with van der Waals surface area (Å²) in [6.45, 7) is 5.91. The number of benzene rings is 1. The molecule has 0 saturated carbocycles. The third-order valence-corrected chi connectivity index (χ3v) is 2.49. The molecule has 18 heavy (non-hydrogen) atoms. The third-order valence-electron chi connectivity index (χ3n) is 2.49. The molecule has 0 unspecified atom stereocenters. The second kappa shape index (κ2) is 6.19. The SMILES string of the molecule is CCOC(=O)CN(C)C(=O)c1cc(C)cc(C)c1. The summed E-state index contributed by atoms with van der Waals surface area (Å²) in [5, 5.41) is 0. The number of carbonyl (C=O) groups excluding carboxylic acids is 2. The molecule has 1 aromatic rings. The van der Waals surface area contributed by atoms with Gasteiger partial charge in [0.2, 0.25) is 0 Å². The minimum atomic E-state index is -0.391. The fourth-order valence-corrected chi connectivity index (χ4v) is 1.79. The standard InChI is InChI=1S/C14H19NO3/c1-5-18-13(16)9-15(4)14(17)12-7-10(2)6-11(3)8-12/h6-8H,5,9H2,1-4H3. The van der Waals surface area contributed by atoms with Gasteiger partial charge in [-0.15, -0.1) is 0 Å². The first-order valence-corrected chi connectivity index (χ1v) is 5.93. The molecule has 0 fully saturated rings. The number of rotatable bonds is 4.